The van der Waals surface area contributed by atoms with E-state index in [1.54, 1.807) is 6.92 Å². The lowest BCUT2D eigenvalue weighted by molar-refractivity contribution is -0.128. The van der Waals surface area contributed by atoms with Crippen molar-refractivity contribution in [2.45, 2.75) is 72.6 Å². The Balaban J connectivity index is 3.52. The molecule has 0 saturated heterocycles. The Bertz CT molecular complexity index is 510. The zero-order chi connectivity index (χ0) is 25.6. The van der Waals surface area contributed by atoms with Gasteiger partial charge in [-0.25, -0.2) is 4.39 Å². The topological polar surface area (TPSA) is 92.3 Å². The summed E-state index contributed by atoms with van der Waals surface area (Å²) in [4.78, 5) is 23.7. The summed E-state index contributed by atoms with van der Waals surface area (Å²) in [6, 6.07) is 0. The maximum absolute atomic E-state index is 14.2. The van der Waals surface area contributed by atoms with Crippen LogP contribution in [0.5, 0.6) is 0 Å². The van der Waals surface area contributed by atoms with Crippen molar-refractivity contribution in [1.29, 1.82) is 0 Å². The second-order valence-electron chi connectivity index (χ2n) is 8.40. The number of hydrogen-bond donors (Lipinski definition) is 1. The Kier molecular flexibility index (Phi) is 21.6. The summed E-state index contributed by atoms with van der Waals surface area (Å²) in [6.45, 7) is 12.7. The van der Waals surface area contributed by atoms with Gasteiger partial charge in [0.1, 0.15) is 12.8 Å². The lowest BCUT2D eigenvalue weighted by Gasteiger charge is -2.20. The van der Waals surface area contributed by atoms with Crippen LogP contribution in [0.4, 0.5) is 4.39 Å². The van der Waals surface area contributed by atoms with Gasteiger partial charge in [0.25, 0.3) is 0 Å². The summed E-state index contributed by atoms with van der Waals surface area (Å²) in [7, 11) is 0. The standard InChI is InChI=1S/C25H48FNO7/c1-6-9-22(8-3)25(29)27-18-23(26)21(5)34-17-16-32-13-12-30-10-11-31-14-15-33-19-24(28)20(4)7-2/h20-23H,6-19H2,1-5H3,(H,27,29). The molecule has 0 fully saturated rings. The Morgan fingerprint density at radius 2 is 1.32 bits per heavy atom. The second kappa shape index (κ2) is 22.3. The fraction of sp³-hybridized carbons (Fsp3) is 0.920. The van der Waals surface area contributed by atoms with Gasteiger partial charge in [-0.15, -0.1) is 0 Å². The first-order chi connectivity index (χ1) is 16.4. The van der Waals surface area contributed by atoms with Crippen LogP contribution < -0.4 is 5.32 Å². The number of amides is 1. The van der Waals surface area contributed by atoms with Gasteiger partial charge in [0.2, 0.25) is 5.91 Å². The summed E-state index contributed by atoms with van der Waals surface area (Å²) in [6.07, 6.45) is 1.44. The molecule has 0 spiro atoms. The number of ether oxygens (including phenoxy) is 5. The Hall–Kier alpha value is -1.13. The number of carbonyl (C=O) groups is 2. The van der Waals surface area contributed by atoms with E-state index in [1.807, 2.05) is 27.7 Å². The first kappa shape index (κ1) is 32.9. The molecule has 0 aliphatic carbocycles. The van der Waals surface area contributed by atoms with Crippen LogP contribution in [0.15, 0.2) is 0 Å². The van der Waals surface area contributed by atoms with Gasteiger partial charge in [0, 0.05) is 11.8 Å². The quantitative estimate of drug-likeness (QED) is 0.206. The van der Waals surface area contributed by atoms with E-state index in [0.29, 0.717) is 46.2 Å². The van der Waals surface area contributed by atoms with Crippen molar-refractivity contribution in [3.05, 3.63) is 0 Å². The van der Waals surface area contributed by atoms with Crippen LogP contribution in [0.1, 0.15) is 60.3 Å². The van der Waals surface area contributed by atoms with Crippen LogP contribution >= 0.6 is 0 Å². The van der Waals surface area contributed by atoms with E-state index >= 15 is 0 Å². The molecule has 1 N–H and O–H groups in total. The van der Waals surface area contributed by atoms with Gasteiger partial charge in [-0.1, -0.05) is 34.1 Å². The van der Waals surface area contributed by atoms with Gasteiger partial charge in [0.15, 0.2) is 5.78 Å². The van der Waals surface area contributed by atoms with Gasteiger partial charge < -0.3 is 29.0 Å². The van der Waals surface area contributed by atoms with Crippen molar-refractivity contribution >= 4 is 11.7 Å². The number of nitrogens with one attached hydrogen (secondary N) is 1. The summed E-state index contributed by atoms with van der Waals surface area (Å²) >= 11 is 0. The fourth-order valence-electron chi connectivity index (χ4n) is 2.98. The molecular formula is C25H48FNO7. The minimum Gasteiger partial charge on any atom is -0.377 e. The predicted molar refractivity (Wildman–Crippen MR) is 130 cm³/mol. The maximum Gasteiger partial charge on any atom is 0.223 e. The number of alkyl halides is 1. The zero-order valence-corrected chi connectivity index (χ0v) is 21.9. The van der Waals surface area contributed by atoms with Gasteiger partial charge in [-0.05, 0) is 26.2 Å². The van der Waals surface area contributed by atoms with Crippen LogP contribution in [0.3, 0.4) is 0 Å². The molecule has 0 bridgehead atoms. The number of carbonyl (C=O) groups excluding carboxylic acids is 2. The fourth-order valence-corrected chi connectivity index (χ4v) is 2.98. The average molecular weight is 494 g/mol. The molecule has 1 amide bonds. The minimum atomic E-state index is -1.27. The predicted octanol–water partition coefficient (Wildman–Crippen LogP) is 3.35. The molecule has 0 aliphatic heterocycles. The highest BCUT2D eigenvalue weighted by molar-refractivity contribution is 5.81. The molecule has 8 nitrogen and oxygen atoms in total. The first-order valence-corrected chi connectivity index (χ1v) is 12.7. The van der Waals surface area contributed by atoms with E-state index in [-0.39, 0.29) is 43.3 Å². The first-order valence-electron chi connectivity index (χ1n) is 12.7. The van der Waals surface area contributed by atoms with Gasteiger partial charge in [-0.3, -0.25) is 9.59 Å². The molecule has 0 aromatic heterocycles. The molecule has 4 unspecified atom stereocenters. The molecule has 9 heteroatoms. The number of hydrogen-bond acceptors (Lipinski definition) is 7. The number of rotatable bonds is 24. The summed E-state index contributed by atoms with van der Waals surface area (Å²) in [5.74, 6) is 0.0116. The highest BCUT2D eigenvalue weighted by Crippen LogP contribution is 2.11. The van der Waals surface area contributed by atoms with E-state index < -0.39 is 12.3 Å². The molecule has 0 rings (SSSR count). The van der Waals surface area contributed by atoms with Crippen molar-refractivity contribution in [3.8, 4) is 0 Å². The Labute approximate surface area is 205 Å². The maximum atomic E-state index is 14.2. The molecule has 0 aromatic rings. The van der Waals surface area contributed by atoms with Crippen molar-refractivity contribution in [2.24, 2.45) is 11.8 Å². The van der Waals surface area contributed by atoms with E-state index in [9.17, 15) is 14.0 Å². The van der Waals surface area contributed by atoms with Gasteiger partial charge in [0.05, 0.1) is 65.5 Å². The van der Waals surface area contributed by atoms with E-state index in [2.05, 4.69) is 5.32 Å². The zero-order valence-electron chi connectivity index (χ0n) is 21.9. The summed E-state index contributed by atoms with van der Waals surface area (Å²) < 4.78 is 41.1. The molecule has 0 aliphatic rings. The smallest absolute Gasteiger partial charge is 0.223 e. The molecular weight excluding hydrogens is 445 g/mol. The molecule has 0 heterocycles. The molecule has 4 atom stereocenters. The van der Waals surface area contributed by atoms with Gasteiger partial charge in [-0.2, -0.15) is 0 Å². The Morgan fingerprint density at radius 3 is 1.82 bits per heavy atom. The monoisotopic (exact) mass is 493 g/mol. The number of ketones is 1. The number of Topliss-reactive ketones (excluding diaryl/α,β-unsaturated/α-hetero) is 1. The van der Waals surface area contributed by atoms with Crippen molar-refractivity contribution in [2.75, 3.05) is 66.0 Å². The molecule has 202 valence electrons. The molecule has 0 aromatic carbocycles. The van der Waals surface area contributed by atoms with Crippen molar-refractivity contribution in [1.82, 2.24) is 5.32 Å². The van der Waals surface area contributed by atoms with E-state index in [0.717, 1.165) is 25.7 Å². The number of halogens is 1. The average Bonchev–Trinajstić information content (AvgIpc) is 2.84. The third kappa shape index (κ3) is 17.3. The largest absolute Gasteiger partial charge is 0.377 e. The van der Waals surface area contributed by atoms with Crippen molar-refractivity contribution in [3.63, 3.8) is 0 Å². The normalized spacial score (nSPS) is 15.0. The highest BCUT2D eigenvalue weighted by atomic mass is 19.1. The summed E-state index contributed by atoms with van der Waals surface area (Å²) in [5, 5.41) is 2.69. The third-order valence-corrected chi connectivity index (χ3v) is 5.61. The van der Waals surface area contributed by atoms with Crippen LogP contribution in [0.25, 0.3) is 0 Å². The molecule has 0 radical (unpaired) electrons. The van der Waals surface area contributed by atoms with Gasteiger partial charge >= 0.3 is 0 Å². The molecule has 34 heavy (non-hydrogen) atoms. The van der Waals surface area contributed by atoms with E-state index in [4.69, 9.17) is 23.7 Å². The van der Waals surface area contributed by atoms with Crippen LogP contribution in [-0.4, -0.2) is 90.0 Å². The van der Waals surface area contributed by atoms with Crippen molar-refractivity contribution < 1.29 is 37.7 Å². The lowest BCUT2D eigenvalue weighted by Crippen LogP contribution is -2.39. The molecule has 0 saturated carbocycles. The lowest BCUT2D eigenvalue weighted by atomic mass is 10.00. The van der Waals surface area contributed by atoms with Crippen LogP contribution in [0.2, 0.25) is 0 Å². The Morgan fingerprint density at radius 1 is 0.794 bits per heavy atom. The highest BCUT2D eigenvalue weighted by Gasteiger charge is 2.20. The summed E-state index contributed by atoms with van der Waals surface area (Å²) in [5.41, 5.74) is 0. The SMILES string of the molecule is CCCC(CC)C(=O)NCC(F)C(C)OCCOCCOCCOCCOCC(=O)C(C)CC. The van der Waals surface area contributed by atoms with Crippen LogP contribution in [0, 0.1) is 11.8 Å². The van der Waals surface area contributed by atoms with Crippen LogP contribution in [-0.2, 0) is 33.3 Å². The third-order valence-electron chi connectivity index (χ3n) is 5.61. The minimum absolute atomic E-state index is 0.0373. The second-order valence-corrected chi connectivity index (χ2v) is 8.40. The van der Waals surface area contributed by atoms with E-state index in [1.165, 1.54) is 0 Å².